The zero-order valence-corrected chi connectivity index (χ0v) is 12.6. The Hall–Kier alpha value is -2.08. The summed E-state index contributed by atoms with van der Waals surface area (Å²) in [7, 11) is 1.58. The lowest BCUT2D eigenvalue weighted by Crippen LogP contribution is -2.37. The first-order valence-electron chi connectivity index (χ1n) is 6.86. The molecule has 1 atom stereocenters. The van der Waals surface area contributed by atoms with Crippen LogP contribution in [0, 0.1) is 0 Å². The van der Waals surface area contributed by atoms with E-state index in [0.717, 1.165) is 24.6 Å². The van der Waals surface area contributed by atoms with Crippen LogP contribution in [0.25, 0.3) is 0 Å². The Bertz CT molecular complexity index is 615. The van der Waals surface area contributed by atoms with Gasteiger partial charge in [-0.2, -0.15) is 0 Å². The van der Waals surface area contributed by atoms with Gasteiger partial charge in [0.05, 0.1) is 12.7 Å². The van der Waals surface area contributed by atoms with Gasteiger partial charge in [0.1, 0.15) is 5.75 Å². The van der Waals surface area contributed by atoms with Gasteiger partial charge in [-0.05, 0) is 18.6 Å². The van der Waals surface area contributed by atoms with E-state index in [1.54, 1.807) is 36.8 Å². The van der Waals surface area contributed by atoms with Crippen LogP contribution in [0.1, 0.15) is 16.8 Å². The number of nitrogens with one attached hydrogen (secondary N) is 1. The molecule has 1 aromatic heterocycles. The maximum Gasteiger partial charge on any atom is 0.255 e. The van der Waals surface area contributed by atoms with Crippen molar-refractivity contribution in [2.24, 2.45) is 0 Å². The molecular formula is C15H17N3O2S. The normalized spacial score (nSPS) is 17.8. The number of carbonyl (C=O) groups excluding carboxylic acids is 1. The van der Waals surface area contributed by atoms with E-state index in [1.807, 2.05) is 17.5 Å². The van der Waals surface area contributed by atoms with Crippen molar-refractivity contribution in [2.75, 3.05) is 25.1 Å². The molecule has 2 heterocycles. The first kappa shape index (κ1) is 13.9. The Morgan fingerprint density at radius 3 is 3.10 bits per heavy atom. The lowest BCUT2D eigenvalue weighted by atomic mass is 10.1. The van der Waals surface area contributed by atoms with E-state index in [-0.39, 0.29) is 11.9 Å². The van der Waals surface area contributed by atoms with Gasteiger partial charge in [0.15, 0.2) is 5.13 Å². The van der Waals surface area contributed by atoms with E-state index in [1.165, 1.54) is 0 Å². The quantitative estimate of drug-likeness (QED) is 0.940. The molecule has 1 fully saturated rings. The Labute approximate surface area is 127 Å². The van der Waals surface area contributed by atoms with Gasteiger partial charge in [-0.1, -0.05) is 12.1 Å². The smallest absolute Gasteiger partial charge is 0.255 e. The van der Waals surface area contributed by atoms with E-state index < -0.39 is 0 Å². The predicted molar refractivity (Wildman–Crippen MR) is 83.2 cm³/mol. The Morgan fingerprint density at radius 2 is 2.33 bits per heavy atom. The molecule has 0 radical (unpaired) electrons. The number of para-hydroxylation sites is 1. The summed E-state index contributed by atoms with van der Waals surface area (Å²) in [4.78, 5) is 18.9. The molecule has 1 amide bonds. The lowest BCUT2D eigenvalue weighted by Gasteiger charge is -2.16. The summed E-state index contributed by atoms with van der Waals surface area (Å²) in [5, 5.41) is 6.06. The molecule has 1 N–H and O–H groups in total. The fourth-order valence-electron chi connectivity index (χ4n) is 2.52. The number of methoxy groups -OCH3 is 1. The topological polar surface area (TPSA) is 54.5 Å². The average molecular weight is 303 g/mol. The van der Waals surface area contributed by atoms with Gasteiger partial charge in [0.25, 0.3) is 5.91 Å². The van der Waals surface area contributed by atoms with Crippen molar-refractivity contribution in [2.45, 2.75) is 12.5 Å². The maximum atomic E-state index is 12.4. The molecule has 5 nitrogen and oxygen atoms in total. The molecule has 0 aliphatic carbocycles. The monoisotopic (exact) mass is 303 g/mol. The van der Waals surface area contributed by atoms with Crippen molar-refractivity contribution in [3.8, 4) is 5.75 Å². The van der Waals surface area contributed by atoms with Crippen LogP contribution < -0.4 is 15.0 Å². The van der Waals surface area contributed by atoms with Crippen LogP contribution in [-0.4, -0.2) is 37.1 Å². The second-order valence-electron chi connectivity index (χ2n) is 4.92. The van der Waals surface area contributed by atoms with Crippen molar-refractivity contribution in [1.29, 1.82) is 0 Å². The van der Waals surface area contributed by atoms with E-state index in [9.17, 15) is 4.79 Å². The summed E-state index contributed by atoms with van der Waals surface area (Å²) in [5.41, 5.74) is 0.577. The fourth-order valence-corrected chi connectivity index (χ4v) is 3.20. The number of anilines is 1. The van der Waals surface area contributed by atoms with Gasteiger partial charge < -0.3 is 15.0 Å². The Morgan fingerprint density at radius 1 is 1.48 bits per heavy atom. The zero-order chi connectivity index (χ0) is 14.7. The van der Waals surface area contributed by atoms with Crippen molar-refractivity contribution in [3.63, 3.8) is 0 Å². The van der Waals surface area contributed by atoms with Crippen LogP contribution in [0.15, 0.2) is 35.8 Å². The zero-order valence-electron chi connectivity index (χ0n) is 11.8. The number of aromatic nitrogens is 1. The number of thiazole rings is 1. The summed E-state index contributed by atoms with van der Waals surface area (Å²) >= 11 is 1.63. The van der Waals surface area contributed by atoms with E-state index >= 15 is 0 Å². The SMILES string of the molecule is COc1ccccc1C(=O)NC1CCN(c2nccs2)C1. The number of nitrogens with zero attached hydrogens (tertiary/aromatic N) is 2. The number of benzene rings is 1. The highest BCUT2D eigenvalue weighted by molar-refractivity contribution is 7.13. The fraction of sp³-hybridized carbons (Fsp3) is 0.333. The average Bonchev–Trinajstić information content (AvgIpc) is 3.17. The second-order valence-corrected chi connectivity index (χ2v) is 5.79. The van der Waals surface area contributed by atoms with Gasteiger partial charge in [0.2, 0.25) is 0 Å². The van der Waals surface area contributed by atoms with Gasteiger partial charge in [-0.25, -0.2) is 4.98 Å². The number of ether oxygens (including phenoxy) is 1. The van der Waals surface area contributed by atoms with Crippen molar-refractivity contribution >= 4 is 22.4 Å². The minimum Gasteiger partial charge on any atom is -0.496 e. The highest BCUT2D eigenvalue weighted by Gasteiger charge is 2.26. The van der Waals surface area contributed by atoms with Crippen LogP contribution in [-0.2, 0) is 0 Å². The molecule has 0 saturated carbocycles. The summed E-state index contributed by atoms with van der Waals surface area (Å²) in [6.07, 6.45) is 2.74. The van der Waals surface area contributed by atoms with Crippen LogP contribution in [0.2, 0.25) is 0 Å². The highest BCUT2D eigenvalue weighted by atomic mass is 32.1. The molecule has 1 unspecified atom stereocenters. The number of hydrogen-bond acceptors (Lipinski definition) is 5. The van der Waals surface area contributed by atoms with Crippen molar-refractivity contribution in [1.82, 2.24) is 10.3 Å². The molecule has 2 aromatic rings. The third kappa shape index (κ3) is 3.00. The molecule has 1 saturated heterocycles. The highest BCUT2D eigenvalue weighted by Crippen LogP contribution is 2.23. The Kier molecular flexibility index (Phi) is 4.06. The third-order valence-electron chi connectivity index (χ3n) is 3.56. The number of hydrogen-bond donors (Lipinski definition) is 1. The largest absolute Gasteiger partial charge is 0.496 e. The van der Waals surface area contributed by atoms with Crippen molar-refractivity contribution in [3.05, 3.63) is 41.4 Å². The van der Waals surface area contributed by atoms with E-state index in [0.29, 0.717) is 11.3 Å². The van der Waals surface area contributed by atoms with Gasteiger partial charge in [0, 0.05) is 30.7 Å². The summed E-state index contributed by atoms with van der Waals surface area (Å²) in [6, 6.07) is 7.42. The molecular weight excluding hydrogens is 286 g/mol. The molecule has 6 heteroatoms. The molecule has 1 aliphatic heterocycles. The molecule has 0 bridgehead atoms. The van der Waals surface area contributed by atoms with Gasteiger partial charge in [-0.3, -0.25) is 4.79 Å². The first-order valence-corrected chi connectivity index (χ1v) is 7.74. The molecule has 21 heavy (non-hydrogen) atoms. The van der Waals surface area contributed by atoms with Crippen molar-refractivity contribution < 1.29 is 9.53 Å². The standard InChI is InChI=1S/C15H17N3O2S/c1-20-13-5-3-2-4-12(13)14(19)17-11-6-8-18(10-11)15-16-7-9-21-15/h2-5,7,9,11H,6,8,10H2,1H3,(H,17,19). The Balaban J connectivity index is 1.64. The molecule has 1 aromatic carbocycles. The van der Waals surface area contributed by atoms with Gasteiger partial charge in [-0.15, -0.1) is 11.3 Å². The van der Waals surface area contributed by atoms with Crippen LogP contribution >= 0.6 is 11.3 Å². The molecule has 0 spiro atoms. The summed E-state index contributed by atoms with van der Waals surface area (Å²) < 4.78 is 5.23. The second kappa shape index (κ2) is 6.13. The minimum absolute atomic E-state index is 0.0848. The molecule has 1 aliphatic rings. The van der Waals surface area contributed by atoms with E-state index in [2.05, 4.69) is 15.2 Å². The van der Waals surface area contributed by atoms with Gasteiger partial charge >= 0.3 is 0 Å². The van der Waals surface area contributed by atoms with Crippen LogP contribution in [0.3, 0.4) is 0 Å². The number of amides is 1. The number of carbonyl (C=O) groups is 1. The third-order valence-corrected chi connectivity index (χ3v) is 4.40. The van der Waals surface area contributed by atoms with Crippen LogP contribution in [0.5, 0.6) is 5.75 Å². The maximum absolute atomic E-state index is 12.4. The lowest BCUT2D eigenvalue weighted by molar-refractivity contribution is 0.0937. The first-order chi connectivity index (χ1) is 10.3. The summed E-state index contributed by atoms with van der Waals surface area (Å²) in [5.74, 6) is 0.517. The predicted octanol–water partition coefficient (Wildman–Crippen LogP) is 2.16. The van der Waals surface area contributed by atoms with Crippen LogP contribution in [0.4, 0.5) is 5.13 Å². The molecule has 3 rings (SSSR count). The number of rotatable bonds is 4. The summed E-state index contributed by atoms with van der Waals surface area (Å²) in [6.45, 7) is 1.72. The van der Waals surface area contributed by atoms with E-state index in [4.69, 9.17) is 4.74 Å². The minimum atomic E-state index is -0.0848. The molecule has 110 valence electrons.